The summed E-state index contributed by atoms with van der Waals surface area (Å²) in [7, 11) is 0. The molecule has 0 N–H and O–H groups in total. The lowest BCUT2D eigenvalue weighted by atomic mass is 10.1. The summed E-state index contributed by atoms with van der Waals surface area (Å²) in [6.45, 7) is 0.350. The van der Waals surface area contributed by atoms with E-state index in [0.29, 0.717) is 17.9 Å². The van der Waals surface area contributed by atoms with E-state index in [1.165, 1.54) is 12.1 Å². The number of halogens is 2. The van der Waals surface area contributed by atoms with Gasteiger partial charge in [-0.3, -0.25) is 4.79 Å². The topological polar surface area (TPSA) is 26.3 Å². The molecule has 0 unspecified atom stereocenters. The summed E-state index contributed by atoms with van der Waals surface area (Å²) in [5.41, 5.74) is 1.44. The number of carbonyl (C=O) groups excluding carboxylic acids is 1. The number of rotatable bonds is 5. The van der Waals surface area contributed by atoms with Gasteiger partial charge in [-0.15, -0.1) is 11.6 Å². The van der Waals surface area contributed by atoms with Gasteiger partial charge in [-0.05, 0) is 42.0 Å². The zero-order chi connectivity index (χ0) is 13.7. The Morgan fingerprint density at radius 3 is 2.26 bits per heavy atom. The lowest BCUT2D eigenvalue weighted by Crippen LogP contribution is -2.00. The molecular weight excluding hydrogens is 267 g/mol. The maximum atomic E-state index is 12.7. The van der Waals surface area contributed by atoms with Gasteiger partial charge in [0.2, 0.25) is 0 Å². The summed E-state index contributed by atoms with van der Waals surface area (Å²) >= 11 is 5.47. The number of alkyl halides is 1. The highest BCUT2D eigenvalue weighted by Gasteiger charge is 2.04. The lowest BCUT2D eigenvalue weighted by Gasteiger charge is -2.06. The maximum absolute atomic E-state index is 12.7. The second-order valence-electron chi connectivity index (χ2n) is 4.00. The minimum absolute atomic E-state index is 0.0320. The monoisotopic (exact) mass is 278 g/mol. The molecule has 2 aromatic carbocycles. The van der Waals surface area contributed by atoms with Gasteiger partial charge in [0.25, 0.3) is 0 Å². The van der Waals surface area contributed by atoms with Gasteiger partial charge in [0, 0.05) is 5.56 Å². The van der Waals surface area contributed by atoms with Crippen molar-refractivity contribution in [3.05, 3.63) is 65.5 Å². The van der Waals surface area contributed by atoms with E-state index in [9.17, 15) is 9.18 Å². The minimum Gasteiger partial charge on any atom is -0.489 e. The summed E-state index contributed by atoms with van der Waals surface area (Å²) in [5, 5.41) is 0. The van der Waals surface area contributed by atoms with Crippen molar-refractivity contribution in [3.8, 4) is 5.75 Å². The number of Topliss-reactive ketones (excluding diaryl/α,β-unsaturated/α-hetero) is 1. The Kier molecular flexibility index (Phi) is 4.53. The molecule has 0 bridgehead atoms. The number of hydrogen-bond donors (Lipinski definition) is 0. The molecule has 0 aliphatic carbocycles. The molecule has 2 nitrogen and oxygen atoms in total. The quantitative estimate of drug-likeness (QED) is 0.614. The third-order valence-corrected chi connectivity index (χ3v) is 2.86. The van der Waals surface area contributed by atoms with E-state index >= 15 is 0 Å². The van der Waals surface area contributed by atoms with Crippen LogP contribution in [0, 0.1) is 5.82 Å². The molecule has 0 spiro atoms. The molecule has 2 aromatic rings. The average Bonchev–Trinajstić information content (AvgIpc) is 2.46. The van der Waals surface area contributed by atoms with Gasteiger partial charge < -0.3 is 4.74 Å². The van der Waals surface area contributed by atoms with Crippen molar-refractivity contribution in [3.63, 3.8) is 0 Å². The molecule has 0 saturated carbocycles. The number of ketones is 1. The van der Waals surface area contributed by atoms with Crippen LogP contribution in [0.1, 0.15) is 15.9 Å². The summed E-state index contributed by atoms with van der Waals surface area (Å²) in [4.78, 5) is 11.3. The summed E-state index contributed by atoms with van der Waals surface area (Å²) in [5.74, 6) is 0.227. The fraction of sp³-hybridized carbons (Fsp3) is 0.133. The maximum Gasteiger partial charge on any atom is 0.177 e. The average molecular weight is 279 g/mol. The lowest BCUT2D eigenvalue weighted by molar-refractivity contribution is 0.102. The van der Waals surface area contributed by atoms with Gasteiger partial charge in [-0.2, -0.15) is 0 Å². The molecule has 19 heavy (non-hydrogen) atoms. The normalized spacial score (nSPS) is 10.2. The fourth-order valence-corrected chi connectivity index (χ4v) is 1.72. The first-order valence-electron chi connectivity index (χ1n) is 5.75. The highest BCUT2D eigenvalue weighted by molar-refractivity contribution is 6.30. The van der Waals surface area contributed by atoms with Crippen LogP contribution in [0.15, 0.2) is 48.5 Å². The predicted octanol–water partition coefficient (Wildman–Crippen LogP) is 3.83. The number of benzene rings is 2. The first-order valence-corrected chi connectivity index (χ1v) is 6.29. The molecule has 0 radical (unpaired) electrons. The van der Waals surface area contributed by atoms with Crippen LogP contribution in [0.25, 0.3) is 0 Å². The third-order valence-electron chi connectivity index (χ3n) is 2.62. The first kappa shape index (κ1) is 13.6. The fourth-order valence-electron chi connectivity index (χ4n) is 1.56. The Bertz CT molecular complexity index is 549. The van der Waals surface area contributed by atoms with Crippen LogP contribution < -0.4 is 4.74 Å². The van der Waals surface area contributed by atoms with E-state index in [1.54, 1.807) is 36.4 Å². The Morgan fingerprint density at radius 1 is 1.05 bits per heavy atom. The predicted molar refractivity (Wildman–Crippen MR) is 72.2 cm³/mol. The highest BCUT2D eigenvalue weighted by Crippen LogP contribution is 2.15. The van der Waals surface area contributed by atoms with Gasteiger partial charge >= 0.3 is 0 Å². The molecule has 0 heterocycles. The molecule has 0 aliphatic rings. The highest BCUT2D eigenvalue weighted by atomic mass is 35.5. The van der Waals surface area contributed by atoms with Crippen LogP contribution >= 0.6 is 11.6 Å². The van der Waals surface area contributed by atoms with Crippen molar-refractivity contribution in [2.45, 2.75) is 6.61 Å². The molecule has 0 atom stereocenters. The molecule has 0 aromatic heterocycles. The van der Waals surface area contributed by atoms with Crippen LogP contribution in [-0.2, 0) is 6.61 Å². The van der Waals surface area contributed by atoms with Gasteiger partial charge in [0.15, 0.2) is 5.78 Å². The van der Waals surface area contributed by atoms with Crippen molar-refractivity contribution in [2.24, 2.45) is 0 Å². The standard InChI is InChI=1S/C15H12ClFO2/c16-9-15(18)12-3-7-14(8-4-12)19-10-11-1-5-13(17)6-2-11/h1-8H,9-10H2. The molecule has 0 saturated heterocycles. The molecule has 0 aliphatic heterocycles. The molecule has 2 rings (SSSR count). The van der Waals surface area contributed by atoms with Gasteiger partial charge in [0.05, 0.1) is 5.88 Å². The summed E-state index contributed by atoms with van der Waals surface area (Å²) in [6.07, 6.45) is 0. The minimum atomic E-state index is -0.271. The SMILES string of the molecule is O=C(CCl)c1ccc(OCc2ccc(F)cc2)cc1. The molecule has 0 fully saturated rings. The van der Waals surface area contributed by atoms with Gasteiger partial charge in [0.1, 0.15) is 18.2 Å². The van der Waals surface area contributed by atoms with Crippen molar-refractivity contribution >= 4 is 17.4 Å². The molecule has 98 valence electrons. The van der Waals surface area contributed by atoms with Crippen LogP contribution in [0.3, 0.4) is 0 Å². The van der Waals surface area contributed by atoms with Crippen molar-refractivity contribution in [2.75, 3.05) is 5.88 Å². The molecule has 0 amide bonds. The Morgan fingerprint density at radius 2 is 1.68 bits per heavy atom. The van der Waals surface area contributed by atoms with Crippen molar-refractivity contribution in [1.82, 2.24) is 0 Å². The van der Waals surface area contributed by atoms with Crippen LogP contribution in [-0.4, -0.2) is 11.7 Å². The van der Waals surface area contributed by atoms with E-state index in [0.717, 1.165) is 5.56 Å². The Hall–Kier alpha value is -1.87. The van der Waals surface area contributed by atoms with E-state index in [1.807, 2.05) is 0 Å². The number of hydrogen-bond acceptors (Lipinski definition) is 2. The Balaban J connectivity index is 1.96. The second kappa shape index (κ2) is 6.34. The Labute approximate surface area is 115 Å². The van der Waals surface area contributed by atoms with Crippen LogP contribution in [0.4, 0.5) is 4.39 Å². The van der Waals surface area contributed by atoms with Crippen molar-refractivity contribution in [1.29, 1.82) is 0 Å². The van der Waals surface area contributed by atoms with Crippen LogP contribution in [0.2, 0.25) is 0 Å². The third kappa shape index (κ3) is 3.80. The molecular formula is C15H12ClFO2. The van der Waals surface area contributed by atoms with Gasteiger partial charge in [-0.25, -0.2) is 4.39 Å². The van der Waals surface area contributed by atoms with E-state index < -0.39 is 0 Å². The second-order valence-corrected chi connectivity index (χ2v) is 4.26. The van der Waals surface area contributed by atoms with Gasteiger partial charge in [-0.1, -0.05) is 12.1 Å². The zero-order valence-corrected chi connectivity index (χ0v) is 10.9. The van der Waals surface area contributed by atoms with E-state index in [2.05, 4.69) is 0 Å². The van der Waals surface area contributed by atoms with E-state index in [-0.39, 0.29) is 17.5 Å². The number of carbonyl (C=O) groups is 1. The zero-order valence-electron chi connectivity index (χ0n) is 10.1. The largest absolute Gasteiger partial charge is 0.489 e. The number of ether oxygens (including phenoxy) is 1. The molecule has 4 heteroatoms. The summed E-state index contributed by atoms with van der Waals surface area (Å²) < 4.78 is 18.3. The van der Waals surface area contributed by atoms with Crippen LogP contribution in [0.5, 0.6) is 5.75 Å². The smallest absolute Gasteiger partial charge is 0.177 e. The first-order chi connectivity index (χ1) is 9.19. The van der Waals surface area contributed by atoms with E-state index in [4.69, 9.17) is 16.3 Å². The van der Waals surface area contributed by atoms with Crippen molar-refractivity contribution < 1.29 is 13.9 Å². The summed E-state index contributed by atoms with van der Waals surface area (Å²) in [6, 6.07) is 12.9.